The number of nitrogens with one attached hydrogen (secondary N) is 1. The predicted octanol–water partition coefficient (Wildman–Crippen LogP) is 1.76. The van der Waals surface area contributed by atoms with Crippen LogP contribution in [-0.2, 0) is 0 Å². The van der Waals surface area contributed by atoms with E-state index in [1.165, 1.54) is 6.07 Å². The highest BCUT2D eigenvalue weighted by molar-refractivity contribution is 5.93. The van der Waals surface area contributed by atoms with Gasteiger partial charge in [0.25, 0.3) is 5.91 Å². The van der Waals surface area contributed by atoms with Crippen molar-refractivity contribution in [1.29, 1.82) is 0 Å². The summed E-state index contributed by atoms with van der Waals surface area (Å²) in [6.07, 6.45) is 3.01. The molecule has 1 aromatic carbocycles. The number of amides is 1. The number of carbonyl (C=O) groups is 1. The minimum Gasteiger partial charge on any atom is -0.451 e. The number of hydrogen-bond acceptors (Lipinski definition) is 4. The molecule has 1 aromatic heterocycles. The van der Waals surface area contributed by atoms with E-state index in [1.807, 2.05) is 4.90 Å². The van der Waals surface area contributed by atoms with Crippen molar-refractivity contribution in [3.63, 3.8) is 0 Å². The number of carbonyl (C=O) groups excluding carboxylic acids is 1. The number of benzene rings is 1. The highest BCUT2D eigenvalue weighted by atomic mass is 16.3. The number of para-hydroxylation sites is 1. The zero-order valence-corrected chi connectivity index (χ0v) is 12.2. The van der Waals surface area contributed by atoms with Gasteiger partial charge in [0, 0.05) is 24.7 Å². The Kier molecular flexibility index (Phi) is 3.22. The lowest BCUT2D eigenvalue weighted by molar-refractivity contribution is 0.0648. The zero-order chi connectivity index (χ0) is 15.1. The second-order valence-corrected chi connectivity index (χ2v) is 6.06. The fourth-order valence-corrected chi connectivity index (χ4v) is 3.65. The summed E-state index contributed by atoms with van der Waals surface area (Å²) in [5, 5.41) is 3.88. The van der Waals surface area contributed by atoms with Gasteiger partial charge in [-0.1, -0.05) is 12.1 Å². The normalized spacial score (nSPS) is 24.5. The van der Waals surface area contributed by atoms with Crippen LogP contribution in [0.15, 0.2) is 39.5 Å². The molecule has 5 heteroatoms. The highest BCUT2D eigenvalue weighted by Gasteiger charge is 2.39. The lowest BCUT2D eigenvalue weighted by Crippen LogP contribution is -2.42. The van der Waals surface area contributed by atoms with Crippen molar-refractivity contribution in [2.45, 2.75) is 31.3 Å². The average Bonchev–Trinajstić information content (AvgIpc) is 2.79. The van der Waals surface area contributed by atoms with E-state index in [2.05, 4.69) is 5.32 Å². The van der Waals surface area contributed by atoms with Crippen LogP contribution in [0.1, 0.15) is 29.8 Å². The largest absolute Gasteiger partial charge is 0.451 e. The molecule has 2 bridgehead atoms. The standard InChI is InChI=1S/C17H18N2O3/c20-14-9-16(22-15-4-2-1-3-13(14)15)17(21)19-11-5-6-12(19)10-18-8-7-11/h1-4,9,11-12,18H,5-8,10H2/t11-,12+/m1/s1. The van der Waals surface area contributed by atoms with Crippen molar-refractivity contribution in [3.8, 4) is 0 Å². The van der Waals surface area contributed by atoms with Crippen molar-refractivity contribution < 1.29 is 9.21 Å². The first-order chi connectivity index (χ1) is 10.7. The summed E-state index contributed by atoms with van der Waals surface area (Å²) in [7, 11) is 0. The van der Waals surface area contributed by atoms with E-state index in [9.17, 15) is 9.59 Å². The van der Waals surface area contributed by atoms with Gasteiger partial charge in [-0.3, -0.25) is 9.59 Å². The van der Waals surface area contributed by atoms with Crippen molar-refractivity contribution in [2.75, 3.05) is 13.1 Å². The molecule has 0 unspecified atom stereocenters. The molecule has 1 amide bonds. The molecule has 2 aliphatic heterocycles. The molecule has 0 spiro atoms. The first kappa shape index (κ1) is 13.5. The summed E-state index contributed by atoms with van der Waals surface area (Å²) in [4.78, 5) is 27.0. The van der Waals surface area contributed by atoms with Gasteiger partial charge in [0.15, 0.2) is 11.2 Å². The van der Waals surface area contributed by atoms with E-state index in [0.29, 0.717) is 11.0 Å². The third-order valence-corrected chi connectivity index (χ3v) is 4.73. The highest BCUT2D eigenvalue weighted by Crippen LogP contribution is 2.29. The Balaban J connectivity index is 1.75. The summed E-state index contributed by atoms with van der Waals surface area (Å²) in [6, 6.07) is 8.84. The van der Waals surface area contributed by atoms with E-state index in [1.54, 1.807) is 24.3 Å². The SMILES string of the molecule is O=C(c1cc(=O)c2ccccc2o1)N1[C@H]2CCNC[C@@H]1CC2. The average molecular weight is 298 g/mol. The van der Waals surface area contributed by atoms with Gasteiger partial charge in [-0.15, -0.1) is 0 Å². The number of hydrogen-bond donors (Lipinski definition) is 1. The molecule has 2 fully saturated rings. The van der Waals surface area contributed by atoms with Gasteiger partial charge in [0.1, 0.15) is 5.58 Å². The van der Waals surface area contributed by atoms with Gasteiger partial charge in [-0.05, 0) is 37.9 Å². The van der Waals surface area contributed by atoms with E-state index in [0.717, 1.165) is 32.4 Å². The van der Waals surface area contributed by atoms with E-state index in [4.69, 9.17) is 4.42 Å². The maximum absolute atomic E-state index is 12.9. The number of fused-ring (bicyclic) bond motifs is 3. The Bertz CT molecular complexity index is 769. The predicted molar refractivity (Wildman–Crippen MR) is 83.0 cm³/mol. The first-order valence-electron chi connectivity index (χ1n) is 7.80. The Labute approximate surface area is 127 Å². The second-order valence-electron chi connectivity index (χ2n) is 6.06. The van der Waals surface area contributed by atoms with E-state index < -0.39 is 0 Å². The van der Waals surface area contributed by atoms with Crippen LogP contribution in [0.3, 0.4) is 0 Å². The van der Waals surface area contributed by atoms with Crippen LogP contribution in [-0.4, -0.2) is 36.0 Å². The molecule has 2 aliphatic rings. The fraction of sp³-hybridized carbons (Fsp3) is 0.412. The van der Waals surface area contributed by atoms with E-state index >= 15 is 0 Å². The first-order valence-corrected chi connectivity index (χ1v) is 7.80. The molecule has 2 atom stereocenters. The van der Waals surface area contributed by atoms with Gasteiger partial charge < -0.3 is 14.6 Å². The van der Waals surface area contributed by atoms with Crippen molar-refractivity contribution in [3.05, 3.63) is 46.3 Å². The van der Waals surface area contributed by atoms with Crippen LogP contribution in [0.25, 0.3) is 11.0 Å². The van der Waals surface area contributed by atoms with Gasteiger partial charge in [0.05, 0.1) is 5.39 Å². The number of nitrogens with zero attached hydrogens (tertiary/aromatic N) is 1. The van der Waals surface area contributed by atoms with E-state index in [-0.39, 0.29) is 29.2 Å². The third kappa shape index (κ3) is 2.13. The van der Waals surface area contributed by atoms with Crippen LogP contribution in [0.5, 0.6) is 0 Å². The topological polar surface area (TPSA) is 62.6 Å². The Morgan fingerprint density at radius 2 is 2.00 bits per heavy atom. The van der Waals surface area contributed by atoms with Crippen LogP contribution in [0, 0.1) is 0 Å². The molecule has 114 valence electrons. The van der Waals surface area contributed by atoms with Crippen molar-refractivity contribution >= 4 is 16.9 Å². The Hall–Kier alpha value is -2.14. The number of rotatable bonds is 1. The Morgan fingerprint density at radius 1 is 1.18 bits per heavy atom. The van der Waals surface area contributed by atoms with Gasteiger partial charge in [0.2, 0.25) is 0 Å². The molecular weight excluding hydrogens is 280 g/mol. The molecule has 4 rings (SSSR count). The van der Waals surface area contributed by atoms with Gasteiger partial charge in [-0.2, -0.15) is 0 Å². The molecule has 5 nitrogen and oxygen atoms in total. The quantitative estimate of drug-likeness (QED) is 0.871. The van der Waals surface area contributed by atoms with Crippen molar-refractivity contribution in [1.82, 2.24) is 10.2 Å². The summed E-state index contributed by atoms with van der Waals surface area (Å²) < 4.78 is 5.71. The second kappa shape index (κ2) is 5.25. The molecule has 22 heavy (non-hydrogen) atoms. The lowest BCUT2D eigenvalue weighted by atomic mass is 10.1. The fourth-order valence-electron chi connectivity index (χ4n) is 3.65. The molecule has 0 aliphatic carbocycles. The van der Waals surface area contributed by atoms with Crippen LogP contribution >= 0.6 is 0 Å². The van der Waals surface area contributed by atoms with Crippen LogP contribution in [0.4, 0.5) is 0 Å². The summed E-state index contributed by atoms with van der Waals surface area (Å²) in [5.74, 6) is 0.00144. The molecule has 0 radical (unpaired) electrons. The molecule has 2 saturated heterocycles. The van der Waals surface area contributed by atoms with Gasteiger partial charge in [-0.25, -0.2) is 0 Å². The zero-order valence-electron chi connectivity index (χ0n) is 12.2. The van der Waals surface area contributed by atoms with Gasteiger partial charge >= 0.3 is 0 Å². The molecule has 0 saturated carbocycles. The molecule has 1 N–H and O–H groups in total. The monoisotopic (exact) mass is 298 g/mol. The smallest absolute Gasteiger partial charge is 0.290 e. The third-order valence-electron chi connectivity index (χ3n) is 4.73. The van der Waals surface area contributed by atoms with Crippen LogP contribution in [0.2, 0.25) is 0 Å². The minimum absolute atomic E-state index is 0.154. The molecule has 3 heterocycles. The maximum atomic E-state index is 12.9. The summed E-state index contributed by atoms with van der Waals surface area (Å²) in [5.41, 5.74) is 0.309. The summed E-state index contributed by atoms with van der Waals surface area (Å²) in [6.45, 7) is 1.76. The molecule has 2 aromatic rings. The maximum Gasteiger partial charge on any atom is 0.290 e. The minimum atomic E-state index is -0.162. The summed E-state index contributed by atoms with van der Waals surface area (Å²) >= 11 is 0. The molecular formula is C17H18N2O3. The van der Waals surface area contributed by atoms with Crippen LogP contribution < -0.4 is 10.7 Å². The lowest BCUT2D eigenvalue weighted by Gasteiger charge is -2.27. The van der Waals surface area contributed by atoms with Crippen molar-refractivity contribution in [2.24, 2.45) is 0 Å². The Morgan fingerprint density at radius 3 is 2.91 bits per heavy atom.